The van der Waals surface area contributed by atoms with Crippen molar-refractivity contribution in [2.75, 3.05) is 26.2 Å². The summed E-state index contributed by atoms with van der Waals surface area (Å²) in [5.41, 5.74) is 0.0414. The number of aromatic carboxylic acids is 1. The summed E-state index contributed by atoms with van der Waals surface area (Å²) in [6.45, 7) is 7.34. The third-order valence-corrected chi connectivity index (χ3v) is 7.35. The summed E-state index contributed by atoms with van der Waals surface area (Å²) in [5, 5.41) is 8.93. The summed E-state index contributed by atoms with van der Waals surface area (Å²) >= 11 is 0. The smallest absolute Gasteiger partial charge is 0.335 e. The van der Waals surface area contributed by atoms with Crippen molar-refractivity contribution >= 4 is 21.9 Å². The van der Waals surface area contributed by atoms with Crippen LogP contribution in [0.15, 0.2) is 29.2 Å². The summed E-state index contributed by atoms with van der Waals surface area (Å²) < 4.78 is 26.9. The number of hydrogen-bond acceptors (Lipinski definition) is 4. The summed E-state index contributed by atoms with van der Waals surface area (Å²) in [5.74, 6) is -0.733. The van der Waals surface area contributed by atoms with Crippen LogP contribution in [-0.2, 0) is 14.8 Å². The Morgan fingerprint density at radius 2 is 1.56 bits per heavy atom. The van der Waals surface area contributed by atoms with E-state index in [9.17, 15) is 18.0 Å². The molecule has 0 aliphatic carbocycles. The lowest BCUT2D eigenvalue weighted by atomic mass is 9.88. The van der Waals surface area contributed by atoms with Gasteiger partial charge in [-0.3, -0.25) is 4.79 Å². The van der Waals surface area contributed by atoms with Gasteiger partial charge in [-0.05, 0) is 30.2 Å². The fourth-order valence-electron chi connectivity index (χ4n) is 3.55. The molecule has 27 heavy (non-hydrogen) atoms. The van der Waals surface area contributed by atoms with E-state index in [-0.39, 0.29) is 35.4 Å². The van der Waals surface area contributed by atoms with Crippen molar-refractivity contribution in [2.45, 2.75) is 38.5 Å². The predicted octanol–water partition coefficient (Wildman–Crippen LogP) is 2.29. The Morgan fingerprint density at radius 3 is 2.00 bits per heavy atom. The predicted molar refractivity (Wildman–Crippen MR) is 102 cm³/mol. The van der Waals surface area contributed by atoms with Crippen molar-refractivity contribution in [3.05, 3.63) is 29.8 Å². The lowest BCUT2D eigenvalue weighted by molar-refractivity contribution is -0.138. The molecule has 1 aromatic rings. The first kappa shape index (κ1) is 21.4. The normalized spacial score (nSPS) is 17.1. The van der Waals surface area contributed by atoms with Crippen LogP contribution in [0, 0.1) is 11.8 Å². The highest BCUT2D eigenvalue weighted by Gasteiger charge is 2.32. The maximum atomic E-state index is 12.8. The van der Waals surface area contributed by atoms with Gasteiger partial charge >= 0.3 is 5.97 Å². The fraction of sp³-hybridized carbons (Fsp3) is 0.579. The molecule has 0 spiro atoms. The van der Waals surface area contributed by atoms with E-state index in [1.807, 2.05) is 6.92 Å². The number of carbonyl (C=O) groups excluding carboxylic acids is 1. The van der Waals surface area contributed by atoms with Crippen LogP contribution in [0.3, 0.4) is 0 Å². The number of amides is 1. The largest absolute Gasteiger partial charge is 0.478 e. The van der Waals surface area contributed by atoms with E-state index in [1.54, 1.807) is 4.90 Å². The Labute approximate surface area is 161 Å². The van der Waals surface area contributed by atoms with Gasteiger partial charge in [-0.15, -0.1) is 0 Å². The molecule has 1 saturated heterocycles. The van der Waals surface area contributed by atoms with Crippen molar-refractivity contribution in [1.82, 2.24) is 9.21 Å². The number of nitrogens with zero attached hydrogens (tertiary/aromatic N) is 2. The van der Waals surface area contributed by atoms with Gasteiger partial charge in [0.15, 0.2) is 0 Å². The second kappa shape index (κ2) is 8.84. The molecule has 1 fully saturated rings. The Kier molecular flexibility index (Phi) is 7.00. The topological polar surface area (TPSA) is 95.0 Å². The highest BCUT2D eigenvalue weighted by atomic mass is 32.2. The summed E-state index contributed by atoms with van der Waals surface area (Å²) in [4.78, 5) is 25.4. The SMILES string of the molecule is CCC(CC)C(C)C(=O)N1CCN(S(=O)(=O)c2ccc(C(=O)O)cc2)CC1. The molecule has 150 valence electrons. The Bertz CT molecular complexity index is 764. The molecule has 1 amide bonds. The molecular weight excluding hydrogens is 368 g/mol. The second-order valence-corrected chi connectivity index (χ2v) is 8.86. The average Bonchev–Trinajstić information content (AvgIpc) is 2.68. The molecule has 0 saturated carbocycles. The van der Waals surface area contributed by atoms with E-state index in [0.29, 0.717) is 19.0 Å². The van der Waals surface area contributed by atoms with Crippen LogP contribution in [0.5, 0.6) is 0 Å². The highest BCUT2D eigenvalue weighted by molar-refractivity contribution is 7.89. The first-order chi connectivity index (χ1) is 12.7. The Hall–Kier alpha value is -1.93. The molecule has 1 aliphatic heterocycles. The van der Waals surface area contributed by atoms with Gasteiger partial charge in [0, 0.05) is 32.1 Å². The molecule has 1 aromatic carbocycles. The van der Waals surface area contributed by atoms with Gasteiger partial charge in [0.25, 0.3) is 0 Å². The minimum absolute atomic E-state index is 0.0414. The van der Waals surface area contributed by atoms with Gasteiger partial charge < -0.3 is 10.0 Å². The molecule has 1 atom stereocenters. The first-order valence-electron chi connectivity index (χ1n) is 9.34. The van der Waals surface area contributed by atoms with Gasteiger partial charge in [-0.2, -0.15) is 4.31 Å². The van der Waals surface area contributed by atoms with Crippen LogP contribution in [0.25, 0.3) is 0 Å². The zero-order chi connectivity index (χ0) is 20.2. The van der Waals surface area contributed by atoms with Crippen LogP contribution in [-0.4, -0.2) is 60.8 Å². The molecule has 0 bridgehead atoms. The van der Waals surface area contributed by atoms with Gasteiger partial charge in [-0.1, -0.05) is 33.6 Å². The second-order valence-electron chi connectivity index (χ2n) is 6.92. The minimum atomic E-state index is -3.70. The maximum Gasteiger partial charge on any atom is 0.335 e. The number of sulfonamides is 1. The van der Waals surface area contributed by atoms with Crippen molar-refractivity contribution in [3.8, 4) is 0 Å². The zero-order valence-corrected chi connectivity index (χ0v) is 16.9. The van der Waals surface area contributed by atoms with E-state index in [2.05, 4.69) is 13.8 Å². The van der Waals surface area contributed by atoms with Gasteiger partial charge in [0.1, 0.15) is 0 Å². The molecule has 1 aliphatic rings. The van der Waals surface area contributed by atoms with Gasteiger partial charge in [-0.25, -0.2) is 13.2 Å². The van der Waals surface area contributed by atoms with Crippen LogP contribution in [0.2, 0.25) is 0 Å². The third-order valence-electron chi connectivity index (χ3n) is 5.43. The van der Waals surface area contributed by atoms with Crippen LogP contribution in [0.1, 0.15) is 44.0 Å². The number of carbonyl (C=O) groups is 2. The number of rotatable bonds is 7. The highest BCUT2D eigenvalue weighted by Crippen LogP contribution is 2.23. The number of piperazine rings is 1. The Balaban J connectivity index is 2.03. The average molecular weight is 397 g/mol. The number of carboxylic acids is 1. The van der Waals surface area contributed by atoms with Crippen molar-refractivity contribution in [1.29, 1.82) is 0 Å². The van der Waals surface area contributed by atoms with Crippen LogP contribution >= 0.6 is 0 Å². The van der Waals surface area contributed by atoms with E-state index in [1.165, 1.54) is 28.6 Å². The third kappa shape index (κ3) is 4.68. The standard InChI is InChI=1S/C19H28N2O5S/c1-4-15(5-2)14(3)18(22)20-10-12-21(13-11-20)27(25,26)17-8-6-16(7-9-17)19(23)24/h6-9,14-15H,4-5,10-13H2,1-3H3,(H,23,24). The summed E-state index contributed by atoms with van der Waals surface area (Å²) in [6, 6.07) is 5.19. The number of carboxylic acid groups (broad SMARTS) is 1. The lowest BCUT2D eigenvalue weighted by Gasteiger charge is -2.36. The zero-order valence-electron chi connectivity index (χ0n) is 16.1. The number of hydrogen-bond donors (Lipinski definition) is 1. The lowest BCUT2D eigenvalue weighted by Crippen LogP contribution is -2.52. The molecule has 8 heteroatoms. The van der Waals surface area contributed by atoms with E-state index in [0.717, 1.165) is 12.8 Å². The molecule has 2 rings (SSSR count). The van der Waals surface area contributed by atoms with Crippen molar-refractivity contribution in [2.24, 2.45) is 11.8 Å². The quantitative estimate of drug-likeness (QED) is 0.763. The fourth-order valence-corrected chi connectivity index (χ4v) is 4.97. The Morgan fingerprint density at radius 1 is 1.04 bits per heavy atom. The van der Waals surface area contributed by atoms with E-state index >= 15 is 0 Å². The summed E-state index contributed by atoms with van der Waals surface area (Å²) in [6.07, 6.45) is 1.90. The van der Waals surface area contributed by atoms with E-state index < -0.39 is 16.0 Å². The number of benzene rings is 1. The molecular formula is C19H28N2O5S. The summed E-state index contributed by atoms with van der Waals surface area (Å²) in [7, 11) is -3.70. The van der Waals surface area contributed by atoms with Crippen molar-refractivity contribution < 1.29 is 23.1 Å². The van der Waals surface area contributed by atoms with Gasteiger partial charge in [0.05, 0.1) is 10.5 Å². The molecule has 0 aromatic heterocycles. The molecule has 1 unspecified atom stereocenters. The van der Waals surface area contributed by atoms with Gasteiger partial charge in [0.2, 0.25) is 15.9 Å². The monoisotopic (exact) mass is 396 g/mol. The first-order valence-corrected chi connectivity index (χ1v) is 10.8. The van der Waals surface area contributed by atoms with E-state index in [4.69, 9.17) is 5.11 Å². The van der Waals surface area contributed by atoms with Crippen molar-refractivity contribution in [3.63, 3.8) is 0 Å². The molecule has 0 radical (unpaired) electrons. The maximum absolute atomic E-state index is 12.8. The minimum Gasteiger partial charge on any atom is -0.478 e. The molecule has 7 nitrogen and oxygen atoms in total. The molecule has 1 N–H and O–H groups in total. The molecule has 1 heterocycles. The van der Waals surface area contributed by atoms with Crippen LogP contribution < -0.4 is 0 Å². The van der Waals surface area contributed by atoms with Crippen LogP contribution in [0.4, 0.5) is 0 Å².